The molecule has 8 heteroatoms. The zero-order chi connectivity index (χ0) is 21.0. The third-order valence-corrected chi connectivity index (χ3v) is 4.84. The molecule has 29 heavy (non-hydrogen) atoms. The number of urea groups is 1. The Balaban J connectivity index is 1.56. The highest BCUT2D eigenvalue weighted by molar-refractivity contribution is 5.95. The fourth-order valence-electron chi connectivity index (χ4n) is 3.29. The van der Waals surface area contributed by atoms with E-state index in [1.807, 2.05) is 24.3 Å². The lowest BCUT2D eigenvalue weighted by molar-refractivity contribution is -0.138. The number of halogens is 3. The van der Waals surface area contributed by atoms with Crippen molar-refractivity contribution in [1.29, 1.82) is 0 Å². The summed E-state index contributed by atoms with van der Waals surface area (Å²) in [5, 5.41) is 2.70. The highest BCUT2D eigenvalue weighted by atomic mass is 19.4. The van der Waals surface area contributed by atoms with Crippen LogP contribution >= 0.6 is 0 Å². The third-order valence-electron chi connectivity index (χ3n) is 4.84. The molecule has 0 unspecified atom stereocenters. The van der Waals surface area contributed by atoms with Crippen LogP contribution in [0.15, 0.2) is 48.5 Å². The Bertz CT molecular complexity index is 881. The fraction of sp³-hybridized carbons (Fsp3) is 0.333. The third kappa shape index (κ3) is 5.07. The molecule has 3 rings (SSSR count). The maximum atomic E-state index is 13.1. The molecule has 0 spiro atoms. The summed E-state index contributed by atoms with van der Waals surface area (Å²) >= 11 is 0. The van der Waals surface area contributed by atoms with E-state index in [4.69, 9.17) is 0 Å². The van der Waals surface area contributed by atoms with E-state index in [0.29, 0.717) is 13.0 Å². The summed E-state index contributed by atoms with van der Waals surface area (Å²) < 4.78 is 39.3. The predicted molar refractivity (Wildman–Crippen MR) is 103 cm³/mol. The van der Waals surface area contributed by atoms with E-state index in [1.54, 1.807) is 4.90 Å². The lowest BCUT2D eigenvalue weighted by Gasteiger charge is -2.21. The molecule has 1 fully saturated rings. The molecule has 0 bridgehead atoms. The van der Waals surface area contributed by atoms with Crippen LogP contribution < -0.4 is 10.2 Å². The first-order valence-corrected chi connectivity index (χ1v) is 9.29. The van der Waals surface area contributed by atoms with Crippen molar-refractivity contribution in [3.8, 4) is 0 Å². The summed E-state index contributed by atoms with van der Waals surface area (Å²) in [6.07, 6.45) is -3.06. The van der Waals surface area contributed by atoms with Crippen molar-refractivity contribution in [2.24, 2.45) is 0 Å². The van der Waals surface area contributed by atoms with E-state index >= 15 is 0 Å². The van der Waals surface area contributed by atoms with E-state index in [0.717, 1.165) is 23.7 Å². The molecule has 0 atom stereocenters. The van der Waals surface area contributed by atoms with Crippen LogP contribution in [0.5, 0.6) is 0 Å². The summed E-state index contributed by atoms with van der Waals surface area (Å²) in [7, 11) is 1.45. The van der Waals surface area contributed by atoms with Gasteiger partial charge in [-0.2, -0.15) is 13.2 Å². The number of anilines is 1. The standard InChI is InChI=1S/C21H22F3N3O2/c1-26(14-16-5-2-3-6-18(16)21(22,23)24)20(29)25-13-15-8-10-17(11-9-15)27-12-4-7-19(27)28/h2-3,5-6,8-11H,4,7,12-14H2,1H3,(H,25,29). The molecule has 1 N–H and O–H groups in total. The van der Waals surface area contributed by atoms with Crippen molar-refractivity contribution < 1.29 is 22.8 Å². The minimum Gasteiger partial charge on any atom is -0.334 e. The normalized spacial score (nSPS) is 14.2. The van der Waals surface area contributed by atoms with Crippen LogP contribution in [0.3, 0.4) is 0 Å². The van der Waals surface area contributed by atoms with E-state index in [9.17, 15) is 22.8 Å². The Labute approximate surface area is 167 Å². The highest BCUT2D eigenvalue weighted by Gasteiger charge is 2.33. The number of nitrogens with zero attached hydrogens (tertiary/aromatic N) is 2. The van der Waals surface area contributed by atoms with Crippen LogP contribution in [0.4, 0.5) is 23.7 Å². The van der Waals surface area contributed by atoms with Gasteiger partial charge in [-0.25, -0.2) is 4.79 Å². The number of carbonyl (C=O) groups excluding carboxylic acids is 2. The molecule has 0 aromatic heterocycles. The monoisotopic (exact) mass is 405 g/mol. The SMILES string of the molecule is CN(Cc1ccccc1C(F)(F)F)C(=O)NCc1ccc(N2CCCC2=O)cc1. The van der Waals surface area contributed by atoms with Crippen molar-refractivity contribution in [3.63, 3.8) is 0 Å². The van der Waals surface area contributed by atoms with Crippen molar-refractivity contribution >= 4 is 17.6 Å². The van der Waals surface area contributed by atoms with Gasteiger partial charge in [0.15, 0.2) is 0 Å². The van der Waals surface area contributed by atoms with Crippen molar-refractivity contribution in [2.45, 2.75) is 32.1 Å². The number of alkyl halides is 3. The molecular weight excluding hydrogens is 383 g/mol. The van der Waals surface area contributed by atoms with E-state index in [-0.39, 0.29) is 24.6 Å². The van der Waals surface area contributed by atoms with Crippen molar-refractivity contribution in [1.82, 2.24) is 10.2 Å². The first-order chi connectivity index (χ1) is 13.8. The Morgan fingerprint density at radius 2 is 1.83 bits per heavy atom. The van der Waals surface area contributed by atoms with Gasteiger partial charge < -0.3 is 15.1 Å². The minimum atomic E-state index is -4.47. The molecule has 3 amide bonds. The van der Waals surface area contributed by atoms with E-state index < -0.39 is 17.8 Å². The van der Waals surface area contributed by atoms with Gasteiger partial charge in [0.1, 0.15) is 0 Å². The number of hydrogen-bond acceptors (Lipinski definition) is 2. The van der Waals surface area contributed by atoms with Gasteiger partial charge in [0, 0.05) is 38.8 Å². The number of carbonyl (C=O) groups is 2. The summed E-state index contributed by atoms with van der Waals surface area (Å²) in [6.45, 7) is 0.787. The van der Waals surface area contributed by atoms with E-state index in [2.05, 4.69) is 5.32 Å². The van der Waals surface area contributed by atoms with Gasteiger partial charge in [-0.3, -0.25) is 4.79 Å². The minimum absolute atomic E-state index is 0.0392. The maximum absolute atomic E-state index is 13.1. The molecule has 2 aromatic rings. The number of amides is 3. The predicted octanol–water partition coefficient (Wildman–Crippen LogP) is 4.17. The van der Waals surface area contributed by atoms with Gasteiger partial charge in [-0.15, -0.1) is 0 Å². The Hall–Kier alpha value is -3.03. The largest absolute Gasteiger partial charge is 0.416 e. The van der Waals surface area contributed by atoms with Crippen LogP contribution in [0, 0.1) is 0 Å². The molecule has 0 radical (unpaired) electrons. The molecule has 1 heterocycles. The zero-order valence-corrected chi connectivity index (χ0v) is 16.0. The summed E-state index contributed by atoms with van der Waals surface area (Å²) in [6, 6.07) is 12.0. The quantitative estimate of drug-likeness (QED) is 0.812. The van der Waals surface area contributed by atoms with Crippen molar-refractivity contribution in [3.05, 3.63) is 65.2 Å². The van der Waals surface area contributed by atoms with Gasteiger partial charge in [-0.05, 0) is 35.7 Å². The van der Waals surface area contributed by atoms with Crippen LogP contribution in [0.2, 0.25) is 0 Å². The van der Waals surface area contributed by atoms with Crippen LogP contribution in [-0.2, 0) is 24.1 Å². The van der Waals surface area contributed by atoms with Crippen LogP contribution in [0.25, 0.3) is 0 Å². The average Bonchev–Trinajstić information content (AvgIpc) is 3.12. The molecule has 1 aliphatic heterocycles. The average molecular weight is 405 g/mol. The fourth-order valence-corrected chi connectivity index (χ4v) is 3.29. The molecule has 0 aliphatic carbocycles. The summed E-state index contributed by atoms with van der Waals surface area (Å²) in [4.78, 5) is 27.0. The number of benzene rings is 2. The van der Waals surface area contributed by atoms with Gasteiger partial charge in [0.2, 0.25) is 5.91 Å². The topological polar surface area (TPSA) is 52.7 Å². The van der Waals surface area contributed by atoms with E-state index in [1.165, 1.54) is 30.1 Å². The molecular formula is C21H22F3N3O2. The van der Waals surface area contributed by atoms with Crippen LogP contribution in [0.1, 0.15) is 29.5 Å². The molecule has 0 saturated carbocycles. The lowest BCUT2D eigenvalue weighted by Crippen LogP contribution is -2.36. The summed E-state index contributed by atoms with van der Waals surface area (Å²) in [5.74, 6) is 0.104. The van der Waals surface area contributed by atoms with Gasteiger partial charge in [-0.1, -0.05) is 30.3 Å². The van der Waals surface area contributed by atoms with Crippen LogP contribution in [-0.4, -0.2) is 30.4 Å². The smallest absolute Gasteiger partial charge is 0.334 e. The second kappa shape index (κ2) is 8.55. The number of hydrogen-bond donors (Lipinski definition) is 1. The zero-order valence-electron chi connectivity index (χ0n) is 16.0. The van der Waals surface area contributed by atoms with Gasteiger partial charge in [0.25, 0.3) is 0 Å². The number of nitrogens with one attached hydrogen (secondary N) is 1. The number of rotatable bonds is 5. The first kappa shape index (κ1) is 20.7. The Morgan fingerprint density at radius 1 is 1.14 bits per heavy atom. The molecule has 5 nitrogen and oxygen atoms in total. The molecule has 154 valence electrons. The second-order valence-corrected chi connectivity index (χ2v) is 6.99. The van der Waals surface area contributed by atoms with Gasteiger partial charge in [0.05, 0.1) is 5.56 Å². The Morgan fingerprint density at radius 3 is 2.45 bits per heavy atom. The first-order valence-electron chi connectivity index (χ1n) is 9.29. The molecule has 1 saturated heterocycles. The maximum Gasteiger partial charge on any atom is 0.416 e. The van der Waals surface area contributed by atoms with Crippen molar-refractivity contribution in [2.75, 3.05) is 18.5 Å². The van der Waals surface area contributed by atoms with Gasteiger partial charge >= 0.3 is 12.2 Å². The highest BCUT2D eigenvalue weighted by Crippen LogP contribution is 2.32. The summed E-state index contributed by atoms with van der Waals surface area (Å²) in [5.41, 5.74) is 0.949. The molecule has 1 aliphatic rings. The lowest BCUT2D eigenvalue weighted by atomic mass is 10.1. The molecule has 2 aromatic carbocycles. The second-order valence-electron chi connectivity index (χ2n) is 6.99. The Kier molecular flexibility index (Phi) is 6.10.